The van der Waals surface area contributed by atoms with E-state index in [0.717, 1.165) is 42.2 Å². The number of alkyl halides is 3. The van der Waals surface area contributed by atoms with Gasteiger partial charge in [0.05, 0.1) is 19.3 Å². The van der Waals surface area contributed by atoms with E-state index in [1.807, 2.05) is 0 Å². The van der Waals surface area contributed by atoms with Crippen LogP contribution in [0.25, 0.3) is 0 Å². The molecule has 1 aromatic carbocycles. The van der Waals surface area contributed by atoms with Crippen molar-refractivity contribution >= 4 is 45.8 Å². The van der Waals surface area contributed by atoms with Crippen LogP contribution >= 0.6 is 22.9 Å². The number of rotatable bonds is 7. The molecule has 2 aromatic rings. The third kappa shape index (κ3) is 5.00. The second kappa shape index (κ2) is 10.2. The Balaban J connectivity index is 2.14. The molecule has 34 heavy (non-hydrogen) atoms. The molecule has 1 aromatic heterocycles. The van der Waals surface area contributed by atoms with Gasteiger partial charge in [0.15, 0.2) is 0 Å². The summed E-state index contributed by atoms with van der Waals surface area (Å²) in [5, 5.41) is 3.76. The first-order valence-corrected chi connectivity index (χ1v) is 11.6. The van der Waals surface area contributed by atoms with E-state index in [4.69, 9.17) is 21.1 Å². The van der Waals surface area contributed by atoms with Crippen LogP contribution in [0, 0.1) is 0 Å². The first-order chi connectivity index (χ1) is 16.0. The number of esters is 2. The molecule has 0 saturated carbocycles. The second-order valence-electron chi connectivity index (χ2n) is 7.46. The summed E-state index contributed by atoms with van der Waals surface area (Å²) in [6.07, 6.45) is -2.75. The molecule has 3 rings (SSSR count). The van der Waals surface area contributed by atoms with Crippen molar-refractivity contribution in [1.82, 2.24) is 5.32 Å². The van der Waals surface area contributed by atoms with Gasteiger partial charge >= 0.3 is 23.8 Å². The first kappa shape index (κ1) is 25.8. The number of thiophene rings is 1. The minimum atomic E-state index is -5.36. The van der Waals surface area contributed by atoms with E-state index in [0.29, 0.717) is 18.4 Å². The molecule has 0 bridgehead atoms. The third-order valence-corrected chi connectivity index (χ3v) is 6.70. The maximum Gasteiger partial charge on any atom is 0.441 e. The summed E-state index contributed by atoms with van der Waals surface area (Å²) in [5.41, 5.74) is -3.40. The van der Waals surface area contributed by atoms with Crippen LogP contribution in [0.15, 0.2) is 24.3 Å². The standard InChI is InChI=1S/C22H22ClF3N2O5S/c1-3-33-20(31)21(22(24,25)26,27-17(29)12-7-6-8-13(23)11-12)28-18-16(19(30)32-2)14-9-4-5-10-15(14)34-18/h6-8,11,28H,3-5,9-10H2,1-2H3,(H,27,29)/t21-/m0/s1. The molecule has 1 aliphatic rings. The highest BCUT2D eigenvalue weighted by Gasteiger charge is 2.64. The summed E-state index contributed by atoms with van der Waals surface area (Å²) < 4.78 is 53.2. The topological polar surface area (TPSA) is 93.7 Å². The van der Waals surface area contributed by atoms with Crippen LogP contribution in [0.1, 0.15) is 50.9 Å². The van der Waals surface area contributed by atoms with Gasteiger partial charge in [-0.2, -0.15) is 13.2 Å². The molecular weight excluding hydrogens is 497 g/mol. The van der Waals surface area contributed by atoms with Crippen LogP contribution in [0.2, 0.25) is 5.02 Å². The lowest BCUT2D eigenvalue weighted by atomic mass is 9.95. The Morgan fingerprint density at radius 1 is 1.18 bits per heavy atom. The molecule has 1 atom stereocenters. The SMILES string of the molecule is CCOC(=O)[C@](NC(=O)c1cccc(Cl)c1)(Nc1sc2c(c1C(=O)OC)CCCC2)C(F)(F)F. The predicted molar refractivity (Wildman–Crippen MR) is 120 cm³/mol. The van der Waals surface area contributed by atoms with Gasteiger partial charge in [0.2, 0.25) is 0 Å². The van der Waals surface area contributed by atoms with Crippen LogP contribution < -0.4 is 10.6 Å². The van der Waals surface area contributed by atoms with Crippen molar-refractivity contribution in [3.8, 4) is 0 Å². The highest BCUT2D eigenvalue weighted by molar-refractivity contribution is 7.16. The predicted octanol–water partition coefficient (Wildman–Crippen LogP) is 4.73. The normalized spacial score (nSPS) is 15.0. The Bertz CT molecular complexity index is 1100. The summed E-state index contributed by atoms with van der Waals surface area (Å²) in [7, 11) is 1.11. The van der Waals surface area contributed by atoms with Gasteiger partial charge in [-0.1, -0.05) is 17.7 Å². The molecule has 1 amide bonds. The van der Waals surface area contributed by atoms with Crippen LogP contribution in [-0.4, -0.2) is 43.4 Å². The Hall–Kier alpha value is -2.79. The van der Waals surface area contributed by atoms with E-state index in [2.05, 4.69) is 5.32 Å². The molecule has 184 valence electrons. The second-order valence-corrected chi connectivity index (χ2v) is 9.01. The van der Waals surface area contributed by atoms with Crippen LogP contribution in [0.3, 0.4) is 0 Å². The number of halogens is 4. The number of carbonyl (C=O) groups is 3. The molecule has 0 unspecified atom stereocenters. The van der Waals surface area contributed by atoms with Crippen molar-refractivity contribution in [3.05, 3.63) is 50.9 Å². The summed E-state index contributed by atoms with van der Waals surface area (Å²) in [6.45, 7) is 0.956. The summed E-state index contributed by atoms with van der Waals surface area (Å²) in [6, 6.07) is 5.23. The Labute approximate surface area is 202 Å². The van der Waals surface area contributed by atoms with Gasteiger partial charge in [0, 0.05) is 15.5 Å². The number of methoxy groups -OCH3 is 1. The lowest BCUT2D eigenvalue weighted by Crippen LogP contribution is -2.69. The number of anilines is 1. The molecule has 7 nitrogen and oxygen atoms in total. The van der Waals surface area contributed by atoms with Crippen molar-refractivity contribution in [2.45, 2.75) is 44.4 Å². The van der Waals surface area contributed by atoms with Crippen molar-refractivity contribution in [2.75, 3.05) is 19.0 Å². The highest BCUT2D eigenvalue weighted by Crippen LogP contribution is 2.42. The van der Waals surface area contributed by atoms with Gasteiger partial charge in [-0.25, -0.2) is 9.59 Å². The molecule has 12 heteroatoms. The van der Waals surface area contributed by atoms with Crippen molar-refractivity contribution in [1.29, 1.82) is 0 Å². The zero-order valence-corrected chi connectivity index (χ0v) is 19.9. The van der Waals surface area contributed by atoms with Gasteiger partial charge in [0.25, 0.3) is 5.91 Å². The lowest BCUT2D eigenvalue weighted by molar-refractivity contribution is -0.204. The number of hydrogen-bond donors (Lipinski definition) is 2. The number of carbonyl (C=O) groups excluding carboxylic acids is 3. The number of ether oxygens (including phenoxy) is 2. The quantitative estimate of drug-likeness (QED) is 0.406. The largest absolute Gasteiger partial charge is 0.465 e. The minimum Gasteiger partial charge on any atom is -0.465 e. The molecule has 0 radical (unpaired) electrons. The average molecular weight is 519 g/mol. The minimum absolute atomic E-state index is 0.0860. The molecule has 0 aliphatic heterocycles. The Kier molecular flexibility index (Phi) is 7.77. The summed E-state index contributed by atoms with van der Waals surface area (Å²) in [4.78, 5) is 38.9. The van der Waals surface area contributed by atoms with Gasteiger partial charge in [-0.15, -0.1) is 11.3 Å². The van der Waals surface area contributed by atoms with E-state index in [9.17, 15) is 27.6 Å². The Morgan fingerprint density at radius 3 is 2.50 bits per heavy atom. The van der Waals surface area contributed by atoms with Gasteiger partial charge in [0.1, 0.15) is 5.00 Å². The van der Waals surface area contributed by atoms with Crippen molar-refractivity contribution < 1.29 is 37.0 Å². The summed E-state index contributed by atoms with van der Waals surface area (Å²) >= 11 is 6.78. The van der Waals surface area contributed by atoms with E-state index >= 15 is 0 Å². The van der Waals surface area contributed by atoms with E-state index in [-0.39, 0.29) is 27.8 Å². The Morgan fingerprint density at radius 2 is 1.88 bits per heavy atom. The summed E-state index contributed by atoms with van der Waals surface area (Å²) in [5.74, 6) is -3.84. The molecule has 0 fully saturated rings. The molecule has 1 heterocycles. The number of aryl methyl sites for hydroxylation is 1. The van der Waals surface area contributed by atoms with Gasteiger partial charge < -0.3 is 20.1 Å². The number of hydrogen-bond acceptors (Lipinski definition) is 7. The molecule has 1 aliphatic carbocycles. The molecular formula is C22H22ClF3N2O5S. The van der Waals surface area contributed by atoms with Gasteiger partial charge in [-0.05, 0) is 56.4 Å². The fourth-order valence-corrected chi connectivity index (χ4v) is 5.17. The zero-order chi connectivity index (χ0) is 25.1. The first-order valence-electron chi connectivity index (χ1n) is 10.4. The van der Waals surface area contributed by atoms with E-state index < -0.39 is 29.7 Å². The van der Waals surface area contributed by atoms with E-state index in [1.54, 1.807) is 5.32 Å². The maximum atomic E-state index is 14.6. The highest BCUT2D eigenvalue weighted by atomic mass is 35.5. The number of benzene rings is 1. The fourth-order valence-electron chi connectivity index (χ4n) is 3.64. The molecule has 0 saturated heterocycles. The fraction of sp³-hybridized carbons (Fsp3) is 0.409. The van der Waals surface area contributed by atoms with Crippen molar-refractivity contribution in [3.63, 3.8) is 0 Å². The smallest absolute Gasteiger partial charge is 0.441 e. The number of amides is 1. The monoisotopic (exact) mass is 518 g/mol. The van der Waals surface area contributed by atoms with Gasteiger partial charge in [-0.3, -0.25) is 4.79 Å². The molecule has 2 N–H and O–H groups in total. The number of fused-ring (bicyclic) bond motifs is 1. The van der Waals surface area contributed by atoms with Crippen LogP contribution in [0.5, 0.6) is 0 Å². The lowest BCUT2D eigenvalue weighted by Gasteiger charge is -2.35. The average Bonchev–Trinajstić information content (AvgIpc) is 3.15. The van der Waals surface area contributed by atoms with Crippen LogP contribution in [-0.2, 0) is 27.1 Å². The van der Waals surface area contributed by atoms with Crippen molar-refractivity contribution in [2.24, 2.45) is 0 Å². The maximum absolute atomic E-state index is 14.6. The molecule has 0 spiro atoms. The zero-order valence-electron chi connectivity index (χ0n) is 18.3. The van der Waals surface area contributed by atoms with Crippen LogP contribution in [0.4, 0.5) is 18.2 Å². The number of nitrogens with one attached hydrogen (secondary N) is 2. The van der Waals surface area contributed by atoms with E-state index in [1.165, 1.54) is 25.1 Å². The third-order valence-electron chi connectivity index (χ3n) is 5.26.